The Balaban J connectivity index is 2.09. The number of hydrogen-bond donors (Lipinski definition) is 1. The van der Waals surface area contributed by atoms with Crippen LogP contribution in [0.5, 0.6) is 0 Å². The number of nitrogens with one attached hydrogen (secondary N) is 1. The Morgan fingerprint density at radius 2 is 1.88 bits per heavy atom. The molecule has 24 heavy (non-hydrogen) atoms. The summed E-state index contributed by atoms with van der Waals surface area (Å²) in [6.07, 6.45) is 1.86. The first-order valence-corrected chi connectivity index (χ1v) is 10.2. The van der Waals surface area contributed by atoms with Crippen LogP contribution < -0.4 is 5.32 Å². The first-order chi connectivity index (χ1) is 11.1. The molecule has 0 spiro atoms. The summed E-state index contributed by atoms with van der Waals surface area (Å²) < 4.78 is 26.0. The third-order valence-electron chi connectivity index (χ3n) is 4.34. The number of sulfonamides is 1. The second-order valence-corrected chi connectivity index (χ2v) is 9.44. The Morgan fingerprint density at radius 1 is 1.25 bits per heavy atom. The van der Waals surface area contributed by atoms with Crippen LogP contribution in [0, 0.1) is 0 Å². The molecule has 0 saturated carbocycles. The van der Waals surface area contributed by atoms with Crippen molar-refractivity contribution in [2.45, 2.75) is 58.4 Å². The van der Waals surface area contributed by atoms with Gasteiger partial charge in [-0.15, -0.1) is 0 Å². The van der Waals surface area contributed by atoms with Crippen LogP contribution in [0.25, 0.3) is 0 Å². The van der Waals surface area contributed by atoms with Crippen LogP contribution in [0.3, 0.4) is 0 Å². The molecular formula is C18H28N2O3S. The van der Waals surface area contributed by atoms with Crippen LogP contribution in [0.4, 0.5) is 5.69 Å². The molecule has 1 aromatic carbocycles. The smallest absolute Gasteiger partial charge is 0.242 e. The molecule has 1 fully saturated rings. The van der Waals surface area contributed by atoms with E-state index < -0.39 is 16.1 Å². The maximum atomic E-state index is 12.5. The summed E-state index contributed by atoms with van der Waals surface area (Å²) in [4.78, 5) is 12.5. The first kappa shape index (κ1) is 18.9. The number of rotatable bonds is 5. The highest BCUT2D eigenvalue weighted by Gasteiger charge is 2.38. The Labute approximate surface area is 145 Å². The fourth-order valence-electron chi connectivity index (χ4n) is 2.99. The van der Waals surface area contributed by atoms with Gasteiger partial charge in [0.05, 0.1) is 5.75 Å². The van der Waals surface area contributed by atoms with E-state index in [0.29, 0.717) is 25.1 Å². The molecule has 134 valence electrons. The zero-order valence-electron chi connectivity index (χ0n) is 15.0. The SMILES string of the molecule is CCCS(=O)(=O)N1CCC[C@@H]1C(=O)Nc1ccc(C(C)(C)C)cc1. The summed E-state index contributed by atoms with van der Waals surface area (Å²) in [7, 11) is -3.35. The lowest BCUT2D eigenvalue weighted by Gasteiger charge is -2.23. The molecule has 0 aliphatic carbocycles. The van der Waals surface area contributed by atoms with Gasteiger partial charge in [-0.1, -0.05) is 39.8 Å². The average molecular weight is 353 g/mol. The number of carbonyl (C=O) groups is 1. The van der Waals surface area contributed by atoms with Crippen molar-refractivity contribution in [2.75, 3.05) is 17.6 Å². The first-order valence-electron chi connectivity index (χ1n) is 8.56. The summed E-state index contributed by atoms with van der Waals surface area (Å²) in [5.41, 5.74) is 1.94. The van der Waals surface area contributed by atoms with E-state index in [-0.39, 0.29) is 17.1 Å². The Morgan fingerprint density at radius 3 is 2.42 bits per heavy atom. The van der Waals surface area contributed by atoms with Gasteiger partial charge in [-0.3, -0.25) is 4.79 Å². The molecule has 6 heteroatoms. The largest absolute Gasteiger partial charge is 0.325 e. The highest BCUT2D eigenvalue weighted by molar-refractivity contribution is 7.89. The molecule has 1 saturated heterocycles. The van der Waals surface area contributed by atoms with E-state index in [1.54, 1.807) is 0 Å². The minimum absolute atomic E-state index is 0.0546. The van der Waals surface area contributed by atoms with Gasteiger partial charge >= 0.3 is 0 Å². The van der Waals surface area contributed by atoms with Crippen molar-refractivity contribution < 1.29 is 13.2 Å². The second kappa shape index (κ2) is 7.23. The number of amides is 1. The summed E-state index contributed by atoms with van der Waals surface area (Å²) >= 11 is 0. The predicted molar refractivity (Wildman–Crippen MR) is 97.6 cm³/mol. The van der Waals surface area contributed by atoms with Gasteiger partial charge in [0, 0.05) is 12.2 Å². The van der Waals surface area contributed by atoms with E-state index in [1.165, 1.54) is 9.87 Å². The summed E-state index contributed by atoms with van der Waals surface area (Å²) in [6, 6.07) is 7.14. The summed E-state index contributed by atoms with van der Waals surface area (Å²) in [6.45, 7) is 8.67. The van der Waals surface area contributed by atoms with Crippen molar-refractivity contribution in [3.05, 3.63) is 29.8 Å². The lowest BCUT2D eigenvalue weighted by molar-refractivity contribution is -0.119. The molecule has 1 aliphatic rings. The van der Waals surface area contributed by atoms with Crippen LogP contribution in [0.15, 0.2) is 24.3 Å². The average Bonchev–Trinajstić information content (AvgIpc) is 2.97. The monoisotopic (exact) mass is 352 g/mol. The van der Waals surface area contributed by atoms with E-state index in [2.05, 4.69) is 26.1 Å². The lowest BCUT2D eigenvalue weighted by Crippen LogP contribution is -2.44. The molecule has 2 rings (SSSR count). The molecule has 0 aromatic heterocycles. The standard InChI is InChI=1S/C18H28N2O3S/c1-5-13-24(22,23)20-12-6-7-16(20)17(21)19-15-10-8-14(9-11-15)18(2,3)4/h8-11,16H,5-7,12-13H2,1-4H3,(H,19,21)/t16-/m1/s1. The number of nitrogens with zero attached hydrogens (tertiary/aromatic N) is 1. The molecule has 1 aromatic rings. The van der Waals surface area contributed by atoms with Crippen molar-refractivity contribution in [2.24, 2.45) is 0 Å². The van der Waals surface area contributed by atoms with Gasteiger partial charge in [0.25, 0.3) is 0 Å². The minimum Gasteiger partial charge on any atom is -0.325 e. The van der Waals surface area contributed by atoms with Crippen molar-refractivity contribution >= 4 is 21.6 Å². The quantitative estimate of drug-likeness (QED) is 0.885. The molecule has 1 amide bonds. The fraction of sp³-hybridized carbons (Fsp3) is 0.611. The molecule has 1 heterocycles. The molecule has 1 atom stereocenters. The Bertz CT molecular complexity index is 675. The normalized spacial score (nSPS) is 19.4. The van der Waals surface area contributed by atoms with E-state index in [4.69, 9.17) is 0 Å². The molecular weight excluding hydrogens is 324 g/mol. The minimum atomic E-state index is -3.35. The van der Waals surface area contributed by atoms with Gasteiger partial charge in [-0.25, -0.2) is 8.42 Å². The van der Waals surface area contributed by atoms with Crippen LogP contribution in [-0.2, 0) is 20.2 Å². The summed E-state index contributed by atoms with van der Waals surface area (Å²) in [5.74, 6) is -0.146. The number of anilines is 1. The number of carbonyl (C=O) groups excluding carboxylic acids is 1. The lowest BCUT2D eigenvalue weighted by atomic mass is 9.87. The Hall–Kier alpha value is -1.40. The molecule has 0 unspecified atom stereocenters. The van der Waals surface area contributed by atoms with Crippen LogP contribution >= 0.6 is 0 Å². The Kier molecular flexibility index (Phi) is 5.71. The van der Waals surface area contributed by atoms with Gasteiger partial charge < -0.3 is 5.32 Å². The zero-order chi connectivity index (χ0) is 18.0. The van der Waals surface area contributed by atoms with E-state index in [9.17, 15) is 13.2 Å². The molecule has 5 nitrogen and oxygen atoms in total. The third-order valence-corrected chi connectivity index (χ3v) is 6.42. The van der Waals surface area contributed by atoms with Crippen molar-refractivity contribution in [1.29, 1.82) is 0 Å². The summed E-state index contributed by atoms with van der Waals surface area (Å²) in [5, 5.41) is 2.86. The highest BCUT2D eigenvalue weighted by atomic mass is 32.2. The predicted octanol–water partition coefficient (Wildman–Crippen LogP) is 3.13. The van der Waals surface area contributed by atoms with E-state index >= 15 is 0 Å². The molecule has 0 radical (unpaired) electrons. The van der Waals surface area contributed by atoms with Gasteiger partial charge in [0.2, 0.25) is 15.9 Å². The topological polar surface area (TPSA) is 66.5 Å². The fourth-order valence-corrected chi connectivity index (χ4v) is 4.74. The highest BCUT2D eigenvalue weighted by Crippen LogP contribution is 2.25. The van der Waals surface area contributed by atoms with Gasteiger partial charge in [-0.2, -0.15) is 4.31 Å². The van der Waals surface area contributed by atoms with Crippen LogP contribution in [0.2, 0.25) is 0 Å². The van der Waals surface area contributed by atoms with E-state index in [1.807, 2.05) is 31.2 Å². The van der Waals surface area contributed by atoms with Crippen molar-refractivity contribution in [3.63, 3.8) is 0 Å². The maximum absolute atomic E-state index is 12.5. The van der Waals surface area contributed by atoms with Crippen LogP contribution in [-0.4, -0.2) is 37.0 Å². The van der Waals surface area contributed by atoms with Gasteiger partial charge in [0.1, 0.15) is 6.04 Å². The molecule has 0 bridgehead atoms. The second-order valence-electron chi connectivity index (χ2n) is 7.40. The van der Waals surface area contributed by atoms with Crippen LogP contribution in [0.1, 0.15) is 52.5 Å². The zero-order valence-corrected chi connectivity index (χ0v) is 15.8. The molecule has 1 N–H and O–H groups in total. The van der Waals surface area contributed by atoms with Crippen molar-refractivity contribution in [3.8, 4) is 0 Å². The van der Waals surface area contributed by atoms with Gasteiger partial charge in [-0.05, 0) is 42.4 Å². The molecule has 1 aliphatic heterocycles. The number of benzene rings is 1. The third kappa shape index (κ3) is 4.36. The number of hydrogen-bond acceptors (Lipinski definition) is 3. The van der Waals surface area contributed by atoms with Gasteiger partial charge in [0.15, 0.2) is 0 Å². The van der Waals surface area contributed by atoms with E-state index in [0.717, 1.165) is 6.42 Å². The van der Waals surface area contributed by atoms with Crippen molar-refractivity contribution in [1.82, 2.24) is 4.31 Å². The maximum Gasteiger partial charge on any atom is 0.242 e.